The lowest BCUT2D eigenvalue weighted by molar-refractivity contribution is -0.133. The molecule has 0 heterocycles. The van der Waals surface area contributed by atoms with Crippen molar-refractivity contribution >= 4 is 23.2 Å². The van der Waals surface area contributed by atoms with Gasteiger partial charge < -0.3 is 24.8 Å². The summed E-state index contributed by atoms with van der Waals surface area (Å²) in [6.07, 6.45) is 0.0562. The Kier molecular flexibility index (Phi) is 6.43. The lowest BCUT2D eigenvalue weighted by Gasteiger charge is -2.12. The predicted octanol–water partition coefficient (Wildman–Crippen LogP) is 3.07. The van der Waals surface area contributed by atoms with E-state index in [1.807, 2.05) is 13.8 Å². The van der Waals surface area contributed by atoms with Crippen LogP contribution in [-0.4, -0.2) is 32.1 Å². The van der Waals surface area contributed by atoms with Crippen molar-refractivity contribution in [2.24, 2.45) is 0 Å². The summed E-state index contributed by atoms with van der Waals surface area (Å²) in [5.74, 6) is 0.0514. The summed E-state index contributed by atoms with van der Waals surface area (Å²) in [5.41, 5.74) is 0.858. The van der Waals surface area contributed by atoms with Crippen molar-refractivity contribution in [3.63, 3.8) is 0 Å². The van der Waals surface area contributed by atoms with Crippen molar-refractivity contribution in [1.82, 2.24) is 0 Å². The molecular weight excluding hydrogens is 336 g/mol. The average molecular weight is 358 g/mol. The highest BCUT2D eigenvalue weighted by Crippen LogP contribution is 2.29. The number of rotatable bonds is 6. The van der Waals surface area contributed by atoms with Gasteiger partial charge >= 0.3 is 11.8 Å². The fourth-order valence-electron chi connectivity index (χ4n) is 2.16. The fourth-order valence-corrected chi connectivity index (χ4v) is 2.16. The van der Waals surface area contributed by atoms with E-state index in [4.69, 9.17) is 14.2 Å². The molecule has 0 atom stereocenters. The molecule has 0 saturated heterocycles. The molecule has 2 N–H and O–H groups in total. The van der Waals surface area contributed by atoms with E-state index in [2.05, 4.69) is 10.6 Å². The molecule has 0 aliphatic heterocycles. The summed E-state index contributed by atoms with van der Waals surface area (Å²) in [6.45, 7) is 3.85. The number of carbonyl (C=O) groups excluding carboxylic acids is 2. The quantitative estimate of drug-likeness (QED) is 0.775. The topological polar surface area (TPSA) is 85.9 Å². The van der Waals surface area contributed by atoms with Crippen LogP contribution in [0.2, 0.25) is 0 Å². The molecule has 7 nitrogen and oxygen atoms in total. The lowest BCUT2D eigenvalue weighted by atomic mass is 10.2. The zero-order chi connectivity index (χ0) is 19.1. The first kappa shape index (κ1) is 19.1. The summed E-state index contributed by atoms with van der Waals surface area (Å²) in [4.78, 5) is 24.2. The molecule has 0 bridgehead atoms. The molecule has 0 unspecified atom stereocenters. The van der Waals surface area contributed by atoms with Gasteiger partial charge in [-0.1, -0.05) is 0 Å². The maximum Gasteiger partial charge on any atom is 0.314 e. The minimum atomic E-state index is -0.809. The van der Waals surface area contributed by atoms with Gasteiger partial charge in [-0.3, -0.25) is 9.59 Å². The van der Waals surface area contributed by atoms with Crippen molar-refractivity contribution in [3.05, 3.63) is 42.5 Å². The molecule has 2 aromatic rings. The highest BCUT2D eigenvalue weighted by molar-refractivity contribution is 6.43. The van der Waals surface area contributed by atoms with E-state index in [1.54, 1.807) is 42.5 Å². The monoisotopic (exact) mass is 358 g/mol. The van der Waals surface area contributed by atoms with Crippen molar-refractivity contribution in [1.29, 1.82) is 0 Å². The largest absolute Gasteiger partial charge is 0.497 e. The van der Waals surface area contributed by atoms with Crippen LogP contribution in [0, 0.1) is 0 Å². The maximum absolute atomic E-state index is 12.1. The van der Waals surface area contributed by atoms with Crippen LogP contribution < -0.4 is 24.8 Å². The van der Waals surface area contributed by atoms with Crippen LogP contribution in [0.4, 0.5) is 11.4 Å². The molecule has 0 spiro atoms. The minimum Gasteiger partial charge on any atom is -0.497 e. The molecule has 2 amide bonds. The number of carbonyl (C=O) groups is 2. The summed E-state index contributed by atoms with van der Waals surface area (Å²) in [6, 6.07) is 11.6. The molecule has 0 aromatic heterocycles. The standard InChI is InChI=1S/C19H22N2O5/c1-12(2)26-14-7-5-13(6-8-14)20-18(22)19(23)21-16-10-9-15(24-3)11-17(16)25-4/h5-12H,1-4H3,(H,20,22)(H,21,23). The van der Waals surface area contributed by atoms with Gasteiger partial charge in [0.2, 0.25) is 0 Å². The zero-order valence-electron chi connectivity index (χ0n) is 15.2. The number of ether oxygens (including phenoxy) is 3. The van der Waals surface area contributed by atoms with E-state index >= 15 is 0 Å². The maximum atomic E-state index is 12.1. The summed E-state index contributed by atoms with van der Waals surface area (Å²) < 4.78 is 15.8. The third-order valence-corrected chi connectivity index (χ3v) is 3.35. The van der Waals surface area contributed by atoms with E-state index in [-0.39, 0.29) is 6.10 Å². The first-order valence-corrected chi connectivity index (χ1v) is 8.04. The molecule has 26 heavy (non-hydrogen) atoms. The second-order valence-electron chi connectivity index (χ2n) is 5.67. The zero-order valence-corrected chi connectivity index (χ0v) is 15.2. The number of hydrogen-bond acceptors (Lipinski definition) is 5. The third kappa shape index (κ3) is 5.14. The smallest absolute Gasteiger partial charge is 0.314 e. The Bertz CT molecular complexity index is 772. The van der Waals surface area contributed by atoms with Gasteiger partial charge in [-0.05, 0) is 50.2 Å². The second-order valence-corrected chi connectivity index (χ2v) is 5.67. The molecule has 0 aliphatic carbocycles. The minimum absolute atomic E-state index is 0.0562. The highest BCUT2D eigenvalue weighted by atomic mass is 16.5. The van der Waals surface area contributed by atoms with Gasteiger partial charge in [0.05, 0.1) is 26.0 Å². The van der Waals surface area contributed by atoms with E-state index in [0.717, 1.165) is 0 Å². The molecule has 138 valence electrons. The van der Waals surface area contributed by atoms with E-state index in [9.17, 15) is 9.59 Å². The third-order valence-electron chi connectivity index (χ3n) is 3.35. The van der Waals surface area contributed by atoms with Crippen LogP contribution in [0.5, 0.6) is 17.2 Å². The number of nitrogens with one attached hydrogen (secondary N) is 2. The number of hydrogen-bond donors (Lipinski definition) is 2. The van der Waals surface area contributed by atoms with Crippen LogP contribution in [0.25, 0.3) is 0 Å². The molecular formula is C19H22N2O5. The van der Waals surface area contributed by atoms with Crippen LogP contribution in [-0.2, 0) is 9.59 Å². The second kappa shape index (κ2) is 8.75. The van der Waals surface area contributed by atoms with Crippen molar-refractivity contribution in [2.75, 3.05) is 24.9 Å². The van der Waals surface area contributed by atoms with Crippen LogP contribution >= 0.6 is 0 Å². The molecule has 0 fully saturated rings. The van der Waals surface area contributed by atoms with E-state index in [0.29, 0.717) is 28.6 Å². The van der Waals surface area contributed by atoms with E-state index < -0.39 is 11.8 Å². The van der Waals surface area contributed by atoms with Crippen LogP contribution in [0.3, 0.4) is 0 Å². The van der Waals surface area contributed by atoms with Crippen LogP contribution in [0.15, 0.2) is 42.5 Å². The molecule has 0 aliphatic rings. The Morgan fingerprint density at radius 1 is 0.846 bits per heavy atom. The molecule has 0 saturated carbocycles. The number of anilines is 2. The van der Waals surface area contributed by atoms with E-state index in [1.165, 1.54) is 14.2 Å². The number of methoxy groups -OCH3 is 2. The Morgan fingerprint density at radius 2 is 1.46 bits per heavy atom. The Hall–Kier alpha value is -3.22. The lowest BCUT2D eigenvalue weighted by Crippen LogP contribution is -2.29. The van der Waals surface area contributed by atoms with Crippen molar-refractivity contribution < 1.29 is 23.8 Å². The molecule has 2 rings (SSSR count). The predicted molar refractivity (Wildman–Crippen MR) is 99.0 cm³/mol. The first-order valence-electron chi connectivity index (χ1n) is 8.04. The van der Waals surface area contributed by atoms with Gasteiger partial charge in [0, 0.05) is 11.8 Å². The molecule has 2 aromatic carbocycles. The van der Waals surface area contributed by atoms with Gasteiger partial charge in [0.25, 0.3) is 0 Å². The fraction of sp³-hybridized carbons (Fsp3) is 0.263. The van der Waals surface area contributed by atoms with Gasteiger partial charge in [0.15, 0.2) is 0 Å². The summed E-state index contributed by atoms with van der Waals surface area (Å²) >= 11 is 0. The normalized spacial score (nSPS) is 10.2. The van der Waals surface area contributed by atoms with Crippen molar-refractivity contribution in [2.45, 2.75) is 20.0 Å². The summed E-state index contributed by atoms with van der Waals surface area (Å²) in [5, 5.41) is 5.04. The van der Waals surface area contributed by atoms with Crippen molar-refractivity contribution in [3.8, 4) is 17.2 Å². The summed E-state index contributed by atoms with van der Waals surface area (Å²) in [7, 11) is 2.99. The first-order chi connectivity index (χ1) is 12.4. The van der Waals surface area contributed by atoms with Gasteiger partial charge in [-0.25, -0.2) is 0 Å². The van der Waals surface area contributed by atoms with Gasteiger partial charge in [-0.15, -0.1) is 0 Å². The SMILES string of the molecule is COc1ccc(NC(=O)C(=O)Nc2ccc(OC(C)C)cc2)c(OC)c1. The average Bonchev–Trinajstić information content (AvgIpc) is 2.63. The number of amides is 2. The van der Waals surface area contributed by atoms with Gasteiger partial charge in [-0.2, -0.15) is 0 Å². The Balaban J connectivity index is 2.00. The highest BCUT2D eigenvalue weighted by Gasteiger charge is 2.16. The Morgan fingerprint density at radius 3 is 2.04 bits per heavy atom. The Labute approximate surface area is 152 Å². The molecule has 0 radical (unpaired) electrons. The van der Waals surface area contributed by atoms with Crippen LogP contribution in [0.1, 0.15) is 13.8 Å². The van der Waals surface area contributed by atoms with Gasteiger partial charge in [0.1, 0.15) is 17.2 Å². The molecule has 7 heteroatoms. The number of benzene rings is 2.